The van der Waals surface area contributed by atoms with Crippen molar-refractivity contribution in [2.45, 2.75) is 63.3 Å². The van der Waals surface area contributed by atoms with E-state index in [9.17, 15) is 22.0 Å². The van der Waals surface area contributed by atoms with Crippen LogP contribution in [0.3, 0.4) is 0 Å². The maximum absolute atomic E-state index is 15.0. The van der Waals surface area contributed by atoms with Crippen LogP contribution in [0.5, 0.6) is 11.5 Å². The number of alkyl halides is 3. The second kappa shape index (κ2) is 11.9. The highest BCUT2D eigenvalue weighted by molar-refractivity contribution is 6.30. The van der Waals surface area contributed by atoms with E-state index in [1.54, 1.807) is 25.3 Å². The van der Waals surface area contributed by atoms with Crippen molar-refractivity contribution in [1.29, 1.82) is 0 Å². The number of hydrogen-bond donors (Lipinski definition) is 1. The number of imidazole rings is 1. The van der Waals surface area contributed by atoms with Crippen molar-refractivity contribution in [3.05, 3.63) is 82.0 Å². The van der Waals surface area contributed by atoms with Crippen LogP contribution in [-0.2, 0) is 29.8 Å². The van der Waals surface area contributed by atoms with Crippen LogP contribution in [0.4, 0.5) is 22.0 Å². The Morgan fingerprint density at radius 2 is 1.78 bits per heavy atom. The molecule has 2 atom stereocenters. The summed E-state index contributed by atoms with van der Waals surface area (Å²) in [4.78, 5) is 13.7. The van der Waals surface area contributed by atoms with Gasteiger partial charge in [-0.3, -0.25) is 9.88 Å². The largest absolute Gasteiger partial charge is 0.451 e. The van der Waals surface area contributed by atoms with Crippen LogP contribution >= 0.6 is 11.6 Å². The number of likely N-dealkylation sites (tertiary alicyclic amines) is 1. The highest BCUT2D eigenvalue weighted by Crippen LogP contribution is 2.51. The topological polar surface area (TPSA) is 103 Å². The average Bonchev–Trinajstić information content (AvgIpc) is 3.76. The zero-order valence-electron chi connectivity index (χ0n) is 26.0. The van der Waals surface area contributed by atoms with Crippen LogP contribution in [0.15, 0.2) is 42.6 Å². The smallest absolute Gasteiger partial charge is 0.444 e. The van der Waals surface area contributed by atoms with E-state index < -0.39 is 29.4 Å². The number of nitrogens with zero attached hydrogens (tertiary/aromatic N) is 6. The van der Waals surface area contributed by atoms with Gasteiger partial charge in [0.15, 0.2) is 17.4 Å². The lowest BCUT2D eigenvalue weighted by Gasteiger charge is -2.33. The molecule has 1 N–H and O–H groups in total. The highest BCUT2D eigenvalue weighted by Gasteiger charge is 2.44. The first-order valence-electron chi connectivity index (χ1n) is 15.8. The molecule has 10 nitrogen and oxygen atoms in total. The van der Waals surface area contributed by atoms with Gasteiger partial charge in [0.05, 0.1) is 42.0 Å². The molecule has 0 spiro atoms. The van der Waals surface area contributed by atoms with Gasteiger partial charge >= 0.3 is 6.18 Å². The Balaban J connectivity index is 1.01. The molecule has 2 saturated heterocycles. The molecule has 6 heterocycles. The van der Waals surface area contributed by atoms with E-state index in [0.717, 1.165) is 42.2 Å². The molecule has 0 amide bonds. The fourth-order valence-corrected chi connectivity index (χ4v) is 6.88. The SMILES string of the molecule is CC1(c2ccc(Cl)cc2F)Oc2c(F)ccc(C3CCN(Cc4nc5cc(-c6nnc(C(F)(F)F)[nH]6)ncc5n4C[C@@H]4CCO4)CC3)c2O1. The molecule has 0 bridgehead atoms. The number of fused-ring (bicyclic) bond motifs is 2. The van der Waals surface area contributed by atoms with Gasteiger partial charge in [0.1, 0.15) is 17.3 Å². The standard InChI is InChI=1S/C33H29ClF5N7O3/c1-32(21-4-2-18(34)12-23(21)36)48-28-20(3-5-22(35)29(28)49-32)17-6-9-45(10-7-17)16-27-41-24-13-25(30-42-31(44-43-30)33(37,38)39)40-14-26(24)46(27)15-19-8-11-47-19/h2-5,12-14,17,19H,6-11,15-16H2,1H3,(H,42,43,44)/t19-,32?/m0/s1. The Hall–Kier alpha value is -4.34. The molecule has 256 valence electrons. The fourth-order valence-electron chi connectivity index (χ4n) is 6.72. The molecule has 2 aromatic carbocycles. The molecule has 2 fully saturated rings. The van der Waals surface area contributed by atoms with Gasteiger partial charge in [-0.15, -0.1) is 10.2 Å². The third-order valence-electron chi connectivity index (χ3n) is 9.39. The second-order valence-corrected chi connectivity index (χ2v) is 13.1. The number of aromatic amines is 1. The monoisotopic (exact) mass is 701 g/mol. The van der Waals surface area contributed by atoms with Crippen molar-refractivity contribution in [3.63, 3.8) is 0 Å². The van der Waals surface area contributed by atoms with Gasteiger partial charge in [-0.2, -0.15) is 13.2 Å². The minimum absolute atomic E-state index is 0.0278. The van der Waals surface area contributed by atoms with Gasteiger partial charge in [0.25, 0.3) is 5.79 Å². The molecular formula is C33H29ClF5N7O3. The number of nitrogens with one attached hydrogen (secondary N) is 1. The molecule has 1 unspecified atom stereocenters. The van der Waals surface area contributed by atoms with Crippen LogP contribution in [-0.4, -0.2) is 60.4 Å². The first-order chi connectivity index (χ1) is 23.4. The lowest BCUT2D eigenvalue weighted by molar-refractivity contribution is -0.144. The molecular weight excluding hydrogens is 673 g/mol. The summed E-state index contributed by atoms with van der Waals surface area (Å²) >= 11 is 5.94. The van der Waals surface area contributed by atoms with Crippen LogP contribution in [0.25, 0.3) is 22.6 Å². The summed E-state index contributed by atoms with van der Waals surface area (Å²) in [5.74, 6) is -3.04. The molecule has 16 heteroatoms. The minimum Gasteiger partial charge on any atom is -0.444 e. The fraction of sp³-hybridized carbons (Fsp3) is 0.394. The Morgan fingerprint density at radius 3 is 2.47 bits per heavy atom. The van der Waals surface area contributed by atoms with Gasteiger partial charge in [-0.05, 0) is 68.6 Å². The van der Waals surface area contributed by atoms with Gasteiger partial charge in [-0.1, -0.05) is 17.7 Å². The zero-order valence-corrected chi connectivity index (χ0v) is 26.8. The summed E-state index contributed by atoms with van der Waals surface area (Å²) in [6.07, 6.45) is -0.667. The van der Waals surface area contributed by atoms with Crippen LogP contribution < -0.4 is 9.47 Å². The normalized spacial score (nSPS) is 21.4. The van der Waals surface area contributed by atoms with Gasteiger partial charge in [0.2, 0.25) is 11.6 Å². The number of benzene rings is 2. The Labute approximate surface area is 281 Å². The van der Waals surface area contributed by atoms with Crippen molar-refractivity contribution in [2.75, 3.05) is 19.7 Å². The van der Waals surface area contributed by atoms with Gasteiger partial charge < -0.3 is 23.8 Å². The average molecular weight is 702 g/mol. The summed E-state index contributed by atoms with van der Waals surface area (Å²) in [5.41, 5.74) is 2.40. The number of piperidine rings is 1. The van der Waals surface area contributed by atoms with Crippen LogP contribution in [0, 0.1) is 11.6 Å². The summed E-state index contributed by atoms with van der Waals surface area (Å²) in [5, 5.41) is 7.06. The van der Waals surface area contributed by atoms with E-state index in [-0.39, 0.29) is 45.6 Å². The molecule has 8 rings (SSSR count). The third kappa shape index (κ3) is 5.87. The van der Waals surface area contributed by atoms with E-state index in [0.29, 0.717) is 38.3 Å². The predicted molar refractivity (Wildman–Crippen MR) is 166 cm³/mol. The molecule has 0 radical (unpaired) electrons. The zero-order chi connectivity index (χ0) is 34.1. The van der Waals surface area contributed by atoms with Gasteiger partial charge in [-0.25, -0.2) is 13.8 Å². The Bertz CT molecular complexity index is 2060. The van der Waals surface area contributed by atoms with Crippen molar-refractivity contribution >= 4 is 22.6 Å². The van der Waals surface area contributed by atoms with Crippen LogP contribution in [0.2, 0.25) is 5.02 Å². The van der Waals surface area contributed by atoms with E-state index in [1.807, 2.05) is 0 Å². The highest BCUT2D eigenvalue weighted by atomic mass is 35.5. The van der Waals surface area contributed by atoms with E-state index in [1.165, 1.54) is 18.2 Å². The van der Waals surface area contributed by atoms with E-state index in [4.69, 9.17) is 30.8 Å². The Morgan fingerprint density at radius 1 is 1.00 bits per heavy atom. The van der Waals surface area contributed by atoms with Crippen molar-refractivity contribution < 1.29 is 36.2 Å². The van der Waals surface area contributed by atoms with Crippen molar-refractivity contribution in [2.24, 2.45) is 0 Å². The molecule has 3 aliphatic rings. The van der Waals surface area contributed by atoms with Crippen molar-refractivity contribution in [1.82, 2.24) is 34.6 Å². The van der Waals surface area contributed by atoms with E-state index in [2.05, 4.69) is 29.6 Å². The first kappa shape index (κ1) is 31.9. The summed E-state index contributed by atoms with van der Waals surface area (Å²) in [6, 6.07) is 8.82. The number of rotatable bonds is 7. The molecule has 3 aromatic heterocycles. The summed E-state index contributed by atoms with van der Waals surface area (Å²) < 4.78 is 89.0. The number of ether oxygens (including phenoxy) is 3. The summed E-state index contributed by atoms with van der Waals surface area (Å²) in [7, 11) is 0. The Kier molecular flexibility index (Phi) is 7.76. The van der Waals surface area contributed by atoms with Gasteiger partial charge in [0, 0.05) is 24.1 Å². The lowest BCUT2D eigenvalue weighted by atomic mass is 9.88. The van der Waals surface area contributed by atoms with E-state index >= 15 is 0 Å². The third-order valence-corrected chi connectivity index (χ3v) is 9.63. The molecule has 49 heavy (non-hydrogen) atoms. The minimum atomic E-state index is -4.66. The second-order valence-electron chi connectivity index (χ2n) is 12.6. The maximum Gasteiger partial charge on any atom is 0.451 e. The number of halogens is 6. The molecule has 5 aromatic rings. The lowest BCUT2D eigenvalue weighted by Crippen LogP contribution is -2.35. The number of pyridine rings is 1. The predicted octanol–water partition coefficient (Wildman–Crippen LogP) is 6.98. The number of H-pyrrole nitrogens is 1. The van der Waals surface area contributed by atoms with Crippen LogP contribution in [0.1, 0.15) is 54.9 Å². The maximum atomic E-state index is 15.0. The first-order valence-corrected chi connectivity index (χ1v) is 16.2. The number of aromatic nitrogens is 6. The number of hydrogen-bond acceptors (Lipinski definition) is 8. The molecule has 0 aliphatic carbocycles. The summed E-state index contributed by atoms with van der Waals surface area (Å²) in [6.45, 7) is 4.72. The molecule has 0 saturated carbocycles. The molecule has 3 aliphatic heterocycles. The van der Waals surface area contributed by atoms with Crippen molar-refractivity contribution in [3.8, 4) is 23.0 Å². The quantitative estimate of drug-likeness (QED) is 0.182.